The third-order valence-electron chi connectivity index (χ3n) is 6.52. The summed E-state index contributed by atoms with van der Waals surface area (Å²) in [5.41, 5.74) is 6.44. The monoisotopic (exact) mass is 691 g/mol. The molecule has 0 amide bonds. The van der Waals surface area contributed by atoms with Gasteiger partial charge in [-0.3, -0.25) is 0 Å². The molecule has 0 aliphatic rings. The summed E-state index contributed by atoms with van der Waals surface area (Å²) >= 11 is 0. The van der Waals surface area contributed by atoms with Gasteiger partial charge < -0.3 is 62.6 Å². The fourth-order valence-electron chi connectivity index (χ4n) is 3.93. The number of anilines is 1. The van der Waals surface area contributed by atoms with Crippen LogP contribution in [0.25, 0.3) is 0 Å². The first-order chi connectivity index (χ1) is 23.8. The number of nitrogens with two attached hydrogens (primary N) is 1. The van der Waals surface area contributed by atoms with Crippen LogP contribution in [0, 0.1) is 0 Å². The minimum Gasteiger partial charge on any atom is -0.489 e. The first-order valence-corrected chi connectivity index (χ1v) is 17.7. The van der Waals surface area contributed by atoms with Crippen molar-refractivity contribution in [3.05, 3.63) is 24.3 Å². The third kappa shape index (κ3) is 32.9. The zero-order chi connectivity index (χ0) is 34.3. The Kier molecular flexibility index (Phi) is 35.3. The van der Waals surface area contributed by atoms with Crippen molar-refractivity contribution in [2.45, 2.75) is 39.0 Å². The van der Waals surface area contributed by atoms with E-state index in [1.807, 2.05) is 18.2 Å². The van der Waals surface area contributed by atoms with Crippen LogP contribution in [0.15, 0.2) is 24.3 Å². The van der Waals surface area contributed by atoms with Gasteiger partial charge in [0.2, 0.25) is 0 Å². The number of nitrogen functional groups attached to an aromatic ring is 1. The van der Waals surface area contributed by atoms with Crippen molar-refractivity contribution in [2.75, 3.05) is 158 Å². The fourth-order valence-corrected chi connectivity index (χ4v) is 3.93. The fraction of sp³-hybridized carbons (Fsp3) is 0.829. The van der Waals surface area contributed by atoms with Crippen molar-refractivity contribution in [2.24, 2.45) is 0 Å². The van der Waals surface area contributed by atoms with E-state index in [1.54, 1.807) is 6.07 Å². The molecule has 0 heterocycles. The Labute approximate surface area is 289 Å². The van der Waals surface area contributed by atoms with Gasteiger partial charge >= 0.3 is 0 Å². The molecule has 0 aromatic heterocycles. The van der Waals surface area contributed by atoms with Crippen molar-refractivity contribution >= 4 is 5.69 Å². The average molecular weight is 692 g/mol. The Hall–Kier alpha value is -1.62. The van der Waals surface area contributed by atoms with Gasteiger partial charge in [-0.25, -0.2) is 0 Å². The molecule has 1 aromatic rings. The van der Waals surface area contributed by atoms with Gasteiger partial charge in [0, 0.05) is 6.61 Å². The largest absolute Gasteiger partial charge is 0.489 e. The lowest BCUT2D eigenvalue weighted by Crippen LogP contribution is -2.15. The highest BCUT2D eigenvalue weighted by atomic mass is 16.6. The number of para-hydroxylation sites is 2. The molecule has 0 aliphatic carbocycles. The number of unbranched alkanes of at least 4 members (excludes halogenated alkanes) is 4. The molecule has 0 radical (unpaired) electrons. The minimum atomic E-state index is 0.439. The standard InChI is InChI=1S/C35H65NO12/c1-2-3-4-5-8-11-37-12-13-38-14-15-39-16-17-40-18-19-41-20-21-42-22-23-43-24-25-44-26-27-45-28-29-46-30-31-47-32-33-48-35-10-7-6-9-34(35)36/h6-7,9-10H,2-5,8,11-33,36H2,1H3. The zero-order valence-electron chi connectivity index (χ0n) is 29.6. The molecule has 2 N–H and O–H groups in total. The molecule has 1 rings (SSSR count). The van der Waals surface area contributed by atoms with E-state index in [0.29, 0.717) is 157 Å². The van der Waals surface area contributed by atoms with Crippen LogP contribution in [0.2, 0.25) is 0 Å². The molecule has 0 spiro atoms. The minimum absolute atomic E-state index is 0.439. The summed E-state index contributed by atoms with van der Waals surface area (Å²) in [4.78, 5) is 0. The second kappa shape index (κ2) is 38.2. The van der Waals surface area contributed by atoms with Crippen molar-refractivity contribution in [3.63, 3.8) is 0 Å². The molecule has 0 saturated heterocycles. The number of hydrogen-bond acceptors (Lipinski definition) is 13. The topological polar surface area (TPSA) is 137 Å². The molecule has 13 nitrogen and oxygen atoms in total. The second-order valence-corrected chi connectivity index (χ2v) is 10.5. The summed E-state index contributed by atoms with van der Waals surface area (Å²) in [5.74, 6) is 0.670. The Morgan fingerprint density at radius 2 is 0.646 bits per heavy atom. The van der Waals surface area contributed by atoms with Crippen molar-refractivity contribution in [1.82, 2.24) is 0 Å². The van der Waals surface area contributed by atoms with E-state index in [-0.39, 0.29) is 0 Å². The highest BCUT2D eigenvalue weighted by Gasteiger charge is 1.99. The molecule has 0 bridgehead atoms. The van der Waals surface area contributed by atoms with Crippen molar-refractivity contribution < 1.29 is 56.8 Å². The summed E-state index contributed by atoms with van der Waals surface area (Å²) in [5, 5.41) is 0. The van der Waals surface area contributed by atoms with Crippen LogP contribution >= 0.6 is 0 Å². The summed E-state index contributed by atoms with van der Waals surface area (Å²) < 4.78 is 66.0. The molecule has 0 saturated carbocycles. The van der Waals surface area contributed by atoms with E-state index in [4.69, 9.17) is 62.6 Å². The number of ether oxygens (including phenoxy) is 12. The van der Waals surface area contributed by atoms with E-state index >= 15 is 0 Å². The SMILES string of the molecule is CCCCCCCOCCOCCOCCOCCOCCOCCOCCOCCOCCOCCOCCOc1ccccc1N. The molecule has 0 aliphatic heterocycles. The second-order valence-electron chi connectivity index (χ2n) is 10.5. The predicted molar refractivity (Wildman–Crippen MR) is 184 cm³/mol. The molecule has 0 atom stereocenters. The van der Waals surface area contributed by atoms with Gasteiger partial charge in [0.05, 0.1) is 144 Å². The van der Waals surface area contributed by atoms with E-state index in [9.17, 15) is 0 Å². The molecular formula is C35H65NO12. The zero-order valence-corrected chi connectivity index (χ0v) is 29.6. The van der Waals surface area contributed by atoms with E-state index in [2.05, 4.69) is 6.92 Å². The molecular weight excluding hydrogens is 626 g/mol. The van der Waals surface area contributed by atoms with E-state index < -0.39 is 0 Å². The maximum Gasteiger partial charge on any atom is 0.142 e. The van der Waals surface area contributed by atoms with Gasteiger partial charge in [-0.05, 0) is 18.6 Å². The van der Waals surface area contributed by atoms with E-state index in [1.165, 1.54) is 25.7 Å². The summed E-state index contributed by atoms with van der Waals surface area (Å²) in [6.07, 6.45) is 6.27. The average Bonchev–Trinajstić information content (AvgIpc) is 3.10. The number of rotatable bonds is 40. The molecule has 48 heavy (non-hydrogen) atoms. The van der Waals surface area contributed by atoms with Gasteiger partial charge in [-0.2, -0.15) is 0 Å². The Morgan fingerprint density at radius 1 is 0.354 bits per heavy atom. The van der Waals surface area contributed by atoms with Crippen LogP contribution in [-0.4, -0.2) is 152 Å². The van der Waals surface area contributed by atoms with Gasteiger partial charge in [0.1, 0.15) is 12.4 Å². The lowest BCUT2D eigenvalue weighted by atomic mass is 10.2. The van der Waals surface area contributed by atoms with Gasteiger partial charge in [0.15, 0.2) is 0 Å². The highest BCUT2D eigenvalue weighted by Crippen LogP contribution is 2.19. The smallest absolute Gasteiger partial charge is 0.142 e. The maximum atomic E-state index is 5.82. The van der Waals surface area contributed by atoms with Gasteiger partial charge in [-0.15, -0.1) is 0 Å². The Morgan fingerprint density at radius 3 is 0.979 bits per heavy atom. The summed E-state index contributed by atoms with van der Waals surface area (Å²) in [6.45, 7) is 14.5. The number of hydrogen-bond donors (Lipinski definition) is 1. The first kappa shape index (κ1) is 44.4. The van der Waals surface area contributed by atoms with Gasteiger partial charge in [0.25, 0.3) is 0 Å². The lowest BCUT2D eigenvalue weighted by molar-refractivity contribution is -0.0277. The summed E-state index contributed by atoms with van der Waals surface area (Å²) in [6, 6.07) is 7.39. The van der Waals surface area contributed by atoms with Crippen LogP contribution in [0.1, 0.15) is 39.0 Å². The predicted octanol–water partition coefficient (Wildman–Crippen LogP) is 3.80. The molecule has 1 aromatic carbocycles. The molecule has 0 fully saturated rings. The number of benzene rings is 1. The molecule has 0 unspecified atom stereocenters. The van der Waals surface area contributed by atoms with Crippen LogP contribution in [0.4, 0.5) is 5.69 Å². The lowest BCUT2D eigenvalue weighted by Gasteiger charge is -2.10. The van der Waals surface area contributed by atoms with E-state index in [0.717, 1.165) is 13.0 Å². The highest BCUT2D eigenvalue weighted by molar-refractivity contribution is 5.51. The quantitative estimate of drug-likeness (QED) is 0.0790. The normalized spacial score (nSPS) is 11.4. The van der Waals surface area contributed by atoms with Crippen LogP contribution in [0.5, 0.6) is 5.75 Å². The Balaban J connectivity index is 1.62. The third-order valence-corrected chi connectivity index (χ3v) is 6.52. The van der Waals surface area contributed by atoms with Crippen LogP contribution in [0.3, 0.4) is 0 Å². The first-order valence-electron chi connectivity index (χ1n) is 17.7. The van der Waals surface area contributed by atoms with Crippen molar-refractivity contribution in [3.8, 4) is 5.75 Å². The van der Waals surface area contributed by atoms with Crippen molar-refractivity contribution in [1.29, 1.82) is 0 Å². The molecule has 282 valence electrons. The van der Waals surface area contributed by atoms with Gasteiger partial charge in [-0.1, -0.05) is 44.7 Å². The molecule has 13 heteroatoms. The maximum absolute atomic E-state index is 5.82. The van der Waals surface area contributed by atoms with Crippen LogP contribution < -0.4 is 10.5 Å². The Bertz CT molecular complexity index is 764. The van der Waals surface area contributed by atoms with Crippen LogP contribution in [-0.2, 0) is 52.1 Å². The summed E-state index contributed by atoms with van der Waals surface area (Å²) in [7, 11) is 0.